The Morgan fingerprint density at radius 2 is 1.85 bits per heavy atom. The number of hydrogen-bond acceptors (Lipinski definition) is 4. The second-order valence-corrected chi connectivity index (χ2v) is 7.29. The Balaban J connectivity index is 0. The molecule has 0 amide bonds. The largest absolute Gasteiger partial charge is 0.377 e. The maximum absolute atomic E-state index is 11.4. The van der Waals surface area contributed by atoms with Gasteiger partial charge in [-0.2, -0.15) is 0 Å². The Bertz CT molecular complexity index is 383. The lowest BCUT2D eigenvalue weighted by Crippen LogP contribution is -2.41. The van der Waals surface area contributed by atoms with Crippen LogP contribution in [-0.2, 0) is 14.6 Å². The molecule has 0 aromatic heterocycles. The van der Waals surface area contributed by atoms with Crippen LogP contribution in [0, 0.1) is 0 Å². The zero-order valence-corrected chi connectivity index (χ0v) is 16.2. The van der Waals surface area contributed by atoms with Crippen LogP contribution in [0.2, 0.25) is 0 Å². The summed E-state index contributed by atoms with van der Waals surface area (Å²) in [5.41, 5.74) is -0.335. The van der Waals surface area contributed by atoms with Gasteiger partial charge in [0.25, 0.3) is 0 Å². The van der Waals surface area contributed by atoms with Gasteiger partial charge in [-0.15, -0.1) is 24.0 Å². The number of nitrogens with zero attached hydrogens (tertiary/aromatic N) is 1. The van der Waals surface area contributed by atoms with E-state index in [0.717, 1.165) is 6.54 Å². The highest BCUT2D eigenvalue weighted by Crippen LogP contribution is 2.06. The summed E-state index contributed by atoms with van der Waals surface area (Å²) in [7, 11) is -1.31. The van der Waals surface area contributed by atoms with Crippen LogP contribution < -0.4 is 10.6 Å². The van der Waals surface area contributed by atoms with Gasteiger partial charge in [0.2, 0.25) is 0 Å². The molecule has 6 nitrogen and oxygen atoms in total. The molecular weight excluding hydrogens is 393 g/mol. The third kappa shape index (κ3) is 10.7. The van der Waals surface area contributed by atoms with Gasteiger partial charge in [0.05, 0.1) is 17.9 Å². The lowest BCUT2D eigenvalue weighted by atomic mass is 10.1. The molecule has 0 heterocycles. The minimum atomic E-state index is -2.95. The van der Waals surface area contributed by atoms with Gasteiger partial charge in [-0.3, -0.25) is 4.99 Å². The summed E-state index contributed by atoms with van der Waals surface area (Å²) in [6.45, 7) is 9.08. The molecule has 122 valence electrons. The Morgan fingerprint density at radius 1 is 1.25 bits per heavy atom. The average Bonchev–Trinajstić information content (AvgIpc) is 2.36. The molecule has 0 spiro atoms. The van der Waals surface area contributed by atoms with E-state index in [1.807, 2.05) is 20.8 Å². The van der Waals surface area contributed by atoms with Crippen molar-refractivity contribution in [1.29, 1.82) is 0 Å². The summed E-state index contributed by atoms with van der Waals surface area (Å²) >= 11 is 0. The van der Waals surface area contributed by atoms with Crippen molar-refractivity contribution in [3.8, 4) is 0 Å². The van der Waals surface area contributed by atoms with Crippen LogP contribution in [0.3, 0.4) is 0 Å². The van der Waals surface area contributed by atoms with E-state index in [9.17, 15) is 8.42 Å². The Labute approximate surface area is 140 Å². The lowest BCUT2D eigenvalue weighted by Gasteiger charge is -2.21. The molecule has 0 aromatic carbocycles. The van der Waals surface area contributed by atoms with Gasteiger partial charge in [-0.1, -0.05) is 6.92 Å². The first-order chi connectivity index (χ1) is 8.76. The first-order valence-corrected chi connectivity index (χ1v) is 8.36. The van der Waals surface area contributed by atoms with Crippen molar-refractivity contribution >= 4 is 39.8 Å². The van der Waals surface area contributed by atoms with Crippen molar-refractivity contribution in [2.45, 2.75) is 33.3 Å². The predicted octanol–water partition coefficient (Wildman–Crippen LogP) is 1.02. The van der Waals surface area contributed by atoms with Gasteiger partial charge in [-0.25, -0.2) is 8.42 Å². The van der Waals surface area contributed by atoms with Gasteiger partial charge in [0.1, 0.15) is 0 Å². The van der Waals surface area contributed by atoms with Crippen molar-refractivity contribution in [3.05, 3.63) is 0 Å². The number of aliphatic imine (C=N–C) groups is 1. The highest BCUT2D eigenvalue weighted by molar-refractivity contribution is 14.0. The Kier molecular flexibility index (Phi) is 11.8. The van der Waals surface area contributed by atoms with Gasteiger partial charge in [-0.05, 0) is 20.8 Å². The fourth-order valence-electron chi connectivity index (χ4n) is 1.15. The van der Waals surface area contributed by atoms with Crippen LogP contribution in [0.15, 0.2) is 4.99 Å². The van der Waals surface area contributed by atoms with E-state index in [0.29, 0.717) is 19.0 Å². The number of guanidine groups is 1. The standard InChI is InChI=1S/C12H27N3O3S.HI/c1-6-13-11(15-10-12(3,4)18-5)14-8-9-19(16,17)7-2;/h6-10H2,1-5H3,(H2,13,14,15);1H. The zero-order valence-electron chi connectivity index (χ0n) is 13.0. The third-order valence-corrected chi connectivity index (χ3v) is 4.37. The number of rotatable bonds is 8. The smallest absolute Gasteiger partial charge is 0.191 e. The van der Waals surface area contributed by atoms with E-state index >= 15 is 0 Å². The second kappa shape index (κ2) is 10.6. The Hall–Kier alpha value is -0.0900. The zero-order chi connectivity index (χ0) is 14.9. The molecule has 0 aromatic rings. The minimum Gasteiger partial charge on any atom is -0.377 e. The summed E-state index contributed by atoms with van der Waals surface area (Å²) in [4.78, 5) is 4.38. The summed E-state index contributed by atoms with van der Waals surface area (Å²) in [5.74, 6) is 0.889. The predicted molar refractivity (Wildman–Crippen MR) is 94.8 cm³/mol. The maximum Gasteiger partial charge on any atom is 0.191 e. The molecule has 20 heavy (non-hydrogen) atoms. The monoisotopic (exact) mass is 421 g/mol. The number of ether oxygens (including phenoxy) is 1. The molecule has 0 radical (unpaired) electrons. The minimum absolute atomic E-state index is 0. The third-order valence-electron chi connectivity index (χ3n) is 2.66. The normalized spacial score (nSPS) is 12.8. The lowest BCUT2D eigenvalue weighted by molar-refractivity contribution is 0.0310. The van der Waals surface area contributed by atoms with Crippen molar-refractivity contribution in [3.63, 3.8) is 0 Å². The molecular formula is C12H28IN3O3S. The molecule has 0 bridgehead atoms. The topological polar surface area (TPSA) is 79.8 Å². The van der Waals surface area contributed by atoms with Crippen LogP contribution in [0.4, 0.5) is 0 Å². The molecule has 0 aliphatic heterocycles. The van der Waals surface area contributed by atoms with Gasteiger partial charge in [0, 0.05) is 26.0 Å². The van der Waals surface area contributed by atoms with Crippen LogP contribution in [-0.4, -0.2) is 58.2 Å². The van der Waals surface area contributed by atoms with Crippen molar-refractivity contribution in [1.82, 2.24) is 10.6 Å². The van der Waals surface area contributed by atoms with Crippen molar-refractivity contribution < 1.29 is 13.2 Å². The molecule has 0 atom stereocenters. The van der Waals surface area contributed by atoms with Crippen molar-refractivity contribution in [2.75, 3.05) is 38.2 Å². The molecule has 0 unspecified atom stereocenters. The van der Waals surface area contributed by atoms with E-state index in [2.05, 4.69) is 15.6 Å². The van der Waals surface area contributed by atoms with Crippen LogP contribution in [0.5, 0.6) is 0 Å². The number of hydrogen-bond donors (Lipinski definition) is 2. The van der Waals surface area contributed by atoms with E-state index in [1.54, 1.807) is 14.0 Å². The fourth-order valence-corrected chi connectivity index (χ4v) is 1.85. The molecule has 0 aliphatic rings. The van der Waals surface area contributed by atoms with Gasteiger partial charge < -0.3 is 15.4 Å². The number of halogens is 1. The highest BCUT2D eigenvalue weighted by atomic mass is 127. The molecule has 0 saturated heterocycles. The molecule has 0 aliphatic carbocycles. The van der Waals surface area contributed by atoms with Crippen LogP contribution >= 0.6 is 24.0 Å². The first kappa shape index (κ1) is 22.2. The van der Waals surface area contributed by atoms with Gasteiger partial charge in [0.15, 0.2) is 15.8 Å². The molecule has 0 rings (SSSR count). The molecule has 8 heteroatoms. The van der Waals surface area contributed by atoms with Crippen molar-refractivity contribution in [2.24, 2.45) is 4.99 Å². The molecule has 0 fully saturated rings. The van der Waals surface area contributed by atoms with Crippen LogP contribution in [0.1, 0.15) is 27.7 Å². The van der Waals surface area contributed by atoms with E-state index in [1.165, 1.54) is 0 Å². The summed E-state index contributed by atoms with van der Waals surface area (Å²) in [5, 5.41) is 6.08. The summed E-state index contributed by atoms with van der Waals surface area (Å²) < 4.78 is 28.0. The second-order valence-electron chi connectivity index (χ2n) is 4.82. The number of methoxy groups -OCH3 is 1. The Morgan fingerprint density at radius 3 is 2.30 bits per heavy atom. The van der Waals surface area contributed by atoms with E-state index in [4.69, 9.17) is 4.74 Å². The summed E-state index contributed by atoms with van der Waals surface area (Å²) in [6, 6.07) is 0. The number of sulfone groups is 1. The van der Waals surface area contributed by atoms with E-state index < -0.39 is 9.84 Å². The van der Waals surface area contributed by atoms with Gasteiger partial charge >= 0.3 is 0 Å². The van der Waals surface area contributed by atoms with E-state index in [-0.39, 0.29) is 41.1 Å². The molecule has 0 saturated carbocycles. The first-order valence-electron chi connectivity index (χ1n) is 6.54. The quantitative estimate of drug-likeness (QED) is 0.348. The summed E-state index contributed by atoms with van der Waals surface area (Å²) in [6.07, 6.45) is 0. The molecule has 2 N–H and O–H groups in total. The fraction of sp³-hybridized carbons (Fsp3) is 0.917. The van der Waals surface area contributed by atoms with Crippen LogP contribution in [0.25, 0.3) is 0 Å². The SMILES string of the molecule is CCNC(=NCC(C)(C)OC)NCCS(=O)(=O)CC.I. The average molecular weight is 421 g/mol. The maximum atomic E-state index is 11.4. The highest BCUT2D eigenvalue weighted by Gasteiger charge is 2.15. The number of nitrogens with one attached hydrogen (secondary N) is 2.